The van der Waals surface area contributed by atoms with Crippen LogP contribution in [0, 0.1) is 28.6 Å². The van der Waals surface area contributed by atoms with Crippen LogP contribution in [0.4, 0.5) is 0 Å². The molecular weight excluding hydrogens is 258 g/mol. The molecule has 3 fully saturated rings. The van der Waals surface area contributed by atoms with Gasteiger partial charge in [0.2, 0.25) is 5.91 Å². The highest BCUT2D eigenvalue weighted by atomic mass is 16.1. The first-order valence-corrected chi connectivity index (χ1v) is 9.18. The van der Waals surface area contributed by atoms with E-state index < -0.39 is 0 Å². The van der Waals surface area contributed by atoms with Crippen LogP contribution in [-0.2, 0) is 4.79 Å². The molecule has 3 rings (SSSR count). The van der Waals surface area contributed by atoms with Crippen LogP contribution < -0.4 is 5.32 Å². The second kappa shape index (κ2) is 5.28. The van der Waals surface area contributed by atoms with E-state index >= 15 is 0 Å². The third kappa shape index (κ3) is 2.43. The number of fused-ring (bicyclic) bond motifs is 3. The Morgan fingerprint density at radius 1 is 1.14 bits per heavy atom. The number of nitrogens with one attached hydrogen (secondary N) is 1. The van der Waals surface area contributed by atoms with Gasteiger partial charge in [-0.15, -0.1) is 0 Å². The Morgan fingerprint density at radius 3 is 2.62 bits per heavy atom. The lowest BCUT2D eigenvalue weighted by molar-refractivity contribution is -0.136. The predicted octanol–water partition coefficient (Wildman–Crippen LogP) is 4.53. The van der Waals surface area contributed by atoms with E-state index in [1.165, 1.54) is 38.5 Å². The van der Waals surface area contributed by atoms with Crippen LogP contribution >= 0.6 is 0 Å². The van der Waals surface area contributed by atoms with E-state index in [2.05, 4.69) is 33.0 Å². The van der Waals surface area contributed by atoms with Crippen LogP contribution in [0.1, 0.15) is 79.1 Å². The minimum atomic E-state index is 0.289. The maximum Gasteiger partial charge on any atom is 0.220 e. The topological polar surface area (TPSA) is 29.1 Å². The molecule has 1 aliphatic heterocycles. The van der Waals surface area contributed by atoms with Crippen molar-refractivity contribution >= 4 is 5.91 Å². The number of piperidine rings is 1. The lowest BCUT2D eigenvalue weighted by Crippen LogP contribution is -2.60. The van der Waals surface area contributed by atoms with E-state index in [9.17, 15) is 4.79 Å². The minimum Gasteiger partial charge on any atom is -0.353 e. The Hall–Kier alpha value is -0.530. The van der Waals surface area contributed by atoms with Gasteiger partial charge in [0.05, 0.1) is 0 Å². The molecule has 0 bridgehead atoms. The molecule has 1 amide bonds. The third-order valence-electron chi connectivity index (χ3n) is 7.39. The summed E-state index contributed by atoms with van der Waals surface area (Å²) in [4.78, 5) is 11.8. The minimum absolute atomic E-state index is 0.289. The molecule has 2 aliphatic carbocycles. The van der Waals surface area contributed by atoms with Crippen molar-refractivity contribution in [3.63, 3.8) is 0 Å². The molecule has 0 aromatic heterocycles. The highest BCUT2D eigenvalue weighted by Gasteiger charge is 2.55. The summed E-state index contributed by atoms with van der Waals surface area (Å²) in [5.74, 6) is 2.90. The Kier molecular flexibility index (Phi) is 3.86. The van der Waals surface area contributed by atoms with Crippen LogP contribution in [0.3, 0.4) is 0 Å². The molecule has 0 aromatic rings. The zero-order valence-electron chi connectivity index (χ0n) is 14.4. The molecule has 2 nitrogen and oxygen atoms in total. The van der Waals surface area contributed by atoms with Crippen LogP contribution in [0.2, 0.25) is 0 Å². The number of carbonyl (C=O) groups excluding carboxylic acids is 1. The molecule has 5 atom stereocenters. The lowest BCUT2D eigenvalue weighted by atomic mass is 9.47. The molecule has 0 spiro atoms. The van der Waals surface area contributed by atoms with Gasteiger partial charge in [-0.05, 0) is 67.1 Å². The maximum absolute atomic E-state index is 11.8. The number of amides is 1. The molecule has 1 saturated heterocycles. The average molecular weight is 291 g/mol. The first kappa shape index (κ1) is 15.4. The molecule has 1 heterocycles. The molecule has 0 aromatic carbocycles. The van der Waals surface area contributed by atoms with Crippen molar-refractivity contribution < 1.29 is 4.79 Å². The monoisotopic (exact) mass is 291 g/mol. The standard InChI is InChI=1S/C19H33NO/c1-5-6-14-13-7-8-16-19(4,12-10-17(21)20-16)15(13)9-11-18(14,2)3/h13-16H,5-12H2,1-4H3,(H,20,21). The average Bonchev–Trinajstić information content (AvgIpc) is 2.42. The predicted molar refractivity (Wildman–Crippen MR) is 86.9 cm³/mol. The molecule has 21 heavy (non-hydrogen) atoms. The molecule has 2 heteroatoms. The largest absolute Gasteiger partial charge is 0.353 e. The highest BCUT2D eigenvalue weighted by Crippen LogP contribution is 2.60. The summed E-state index contributed by atoms with van der Waals surface area (Å²) in [5.41, 5.74) is 0.873. The SMILES string of the molecule is CCCC1C2CCC3NC(=O)CCC3(C)C2CCC1(C)C. The normalized spacial score (nSPS) is 45.4. The zero-order valence-corrected chi connectivity index (χ0v) is 14.4. The highest BCUT2D eigenvalue weighted by molar-refractivity contribution is 5.77. The van der Waals surface area contributed by atoms with Gasteiger partial charge in [-0.3, -0.25) is 4.79 Å². The van der Waals surface area contributed by atoms with Crippen molar-refractivity contribution in [2.75, 3.05) is 0 Å². The summed E-state index contributed by atoms with van der Waals surface area (Å²) >= 11 is 0. The summed E-state index contributed by atoms with van der Waals surface area (Å²) in [6.45, 7) is 9.82. The smallest absolute Gasteiger partial charge is 0.220 e. The van der Waals surface area contributed by atoms with E-state index in [0.717, 1.165) is 30.6 Å². The molecule has 1 N–H and O–H groups in total. The molecule has 2 saturated carbocycles. The van der Waals surface area contributed by atoms with Gasteiger partial charge in [-0.25, -0.2) is 0 Å². The van der Waals surface area contributed by atoms with Crippen molar-refractivity contribution in [2.24, 2.45) is 28.6 Å². The van der Waals surface area contributed by atoms with Gasteiger partial charge in [-0.2, -0.15) is 0 Å². The third-order valence-corrected chi connectivity index (χ3v) is 7.39. The first-order chi connectivity index (χ1) is 9.88. The summed E-state index contributed by atoms with van der Waals surface area (Å²) in [6, 6.07) is 0.448. The van der Waals surface area contributed by atoms with Crippen molar-refractivity contribution in [2.45, 2.75) is 85.1 Å². The van der Waals surface area contributed by atoms with Crippen molar-refractivity contribution in [3.05, 3.63) is 0 Å². The van der Waals surface area contributed by atoms with Gasteiger partial charge in [0.25, 0.3) is 0 Å². The Bertz CT molecular complexity index is 416. The number of carbonyl (C=O) groups is 1. The maximum atomic E-state index is 11.8. The van der Waals surface area contributed by atoms with E-state index in [-0.39, 0.29) is 5.91 Å². The van der Waals surface area contributed by atoms with E-state index in [1.807, 2.05) is 0 Å². The van der Waals surface area contributed by atoms with Gasteiger partial charge in [0, 0.05) is 12.5 Å². The summed E-state index contributed by atoms with van der Waals surface area (Å²) in [5, 5.41) is 3.32. The van der Waals surface area contributed by atoms with Gasteiger partial charge >= 0.3 is 0 Å². The Morgan fingerprint density at radius 2 is 1.90 bits per heavy atom. The van der Waals surface area contributed by atoms with E-state index in [4.69, 9.17) is 0 Å². The van der Waals surface area contributed by atoms with Crippen LogP contribution in [0.25, 0.3) is 0 Å². The fraction of sp³-hybridized carbons (Fsp3) is 0.947. The van der Waals surface area contributed by atoms with Gasteiger partial charge in [-0.1, -0.05) is 34.1 Å². The van der Waals surface area contributed by atoms with Crippen LogP contribution in [-0.4, -0.2) is 11.9 Å². The van der Waals surface area contributed by atoms with Gasteiger partial charge in [0.1, 0.15) is 0 Å². The van der Waals surface area contributed by atoms with Gasteiger partial charge in [0.15, 0.2) is 0 Å². The molecule has 5 unspecified atom stereocenters. The Labute approximate surface area is 130 Å². The fourth-order valence-electron chi connectivity index (χ4n) is 6.12. The first-order valence-electron chi connectivity index (χ1n) is 9.18. The molecular formula is C19H33NO. The van der Waals surface area contributed by atoms with Crippen molar-refractivity contribution in [1.82, 2.24) is 5.32 Å². The van der Waals surface area contributed by atoms with E-state index in [1.54, 1.807) is 0 Å². The molecule has 0 radical (unpaired) electrons. The lowest BCUT2D eigenvalue weighted by Gasteiger charge is -2.60. The fourth-order valence-corrected chi connectivity index (χ4v) is 6.12. The summed E-state index contributed by atoms with van der Waals surface area (Å²) < 4.78 is 0. The molecule has 120 valence electrons. The zero-order chi connectivity index (χ0) is 15.3. The molecule has 3 aliphatic rings. The van der Waals surface area contributed by atoms with Crippen LogP contribution in [0.15, 0.2) is 0 Å². The quantitative estimate of drug-likeness (QED) is 0.795. The number of hydrogen-bond donors (Lipinski definition) is 1. The summed E-state index contributed by atoms with van der Waals surface area (Å²) in [6.07, 6.45) is 9.85. The van der Waals surface area contributed by atoms with Crippen LogP contribution in [0.5, 0.6) is 0 Å². The van der Waals surface area contributed by atoms with Gasteiger partial charge < -0.3 is 5.32 Å². The van der Waals surface area contributed by atoms with E-state index in [0.29, 0.717) is 16.9 Å². The summed E-state index contributed by atoms with van der Waals surface area (Å²) in [7, 11) is 0. The Balaban J connectivity index is 1.87. The van der Waals surface area contributed by atoms with Crippen molar-refractivity contribution in [1.29, 1.82) is 0 Å². The number of hydrogen-bond acceptors (Lipinski definition) is 1. The number of rotatable bonds is 2. The van der Waals surface area contributed by atoms with Crippen molar-refractivity contribution in [3.8, 4) is 0 Å². The second-order valence-electron chi connectivity index (χ2n) is 8.90. The second-order valence-corrected chi connectivity index (χ2v) is 8.90.